The average molecular weight is 282 g/mol. The van der Waals surface area contributed by atoms with E-state index in [9.17, 15) is 18.0 Å². The Labute approximate surface area is 113 Å². The SMILES string of the molecule is O=c1c2c(C(F)(F)F)cccc2nc2n1CCCCC2. The Morgan fingerprint density at radius 3 is 2.70 bits per heavy atom. The monoisotopic (exact) mass is 282 g/mol. The molecule has 0 amide bonds. The van der Waals surface area contributed by atoms with Gasteiger partial charge in [0.05, 0.1) is 16.5 Å². The summed E-state index contributed by atoms with van der Waals surface area (Å²) in [4.78, 5) is 16.7. The highest BCUT2D eigenvalue weighted by molar-refractivity contribution is 5.82. The van der Waals surface area contributed by atoms with Crippen molar-refractivity contribution >= 4 is 10.9 Å². The van der Waals surface area contributed by atoms with Crippen LogP contribution < -0.4 is 5.56 Å². The maximum atomic E-state index is 13.0. The lowest BCUT2D eigenvalue weighted by Crippen LogP contribution is -2.26. The van der Waals surface area contributed by atoms with Crippen molar-refractivity contribution in [2.24, 2.45) is 0 Å². The summed E-state index contributed by atoms with van der Waals surface area (Å²) in [5.74, 6) is 0.597. The first-order chi connectivity index (χ1) is 9.48. The van der Waals surface area contributed by atoms with Crippen LogP contribution in [0.3, 0.4) is 0 Å². The average Bonchev–Trinajstić information content (AvgIpc) is 2.62. The number of hydrogen-bond acceptors (Lipinski definition) is 2. The Morgan fingerprint density at radius 1 is 1.15 bits per heavy atom. The van der Waals surface area contributed by atoms with E-state index in [1.165, 1.54) is 16.7 Å². The molecule has 0 unspecified atom stereocenters. The van der Waals surface area contributed by atoms with Crippen molar-refractivity contribution in [1.82, 2.24) is 9.55 Å². The van der Waals surface area contributed by atoms with E-state index < -0.39 is 17.3 Å². The zero-order chi connectivity index (χ0) is 14.3. The lowest BCUT2D eigenvalue weighted by Gasteiger charge is -2.13. The molecule has 0 bridgehead atoms. The van der Waals surface area contributed by atoms with Crippen LogP contribution in [0.15, 0.2) is 23.0 Å². The van der Waals surface area contributed by atoms with E-state index in [0.29, 0.717) is 18.8 Å². The van der Waals surface area contributed by atoms with E-state index in [0.717, 1.165) is 25.3 Å². The molecule has 0 atom stereocenters. The summed E-state index contributed by atoms with van der Waals surface area (Å²) < 4.78 is 40.5. The highest BCUT2D eigenvalue weighted by Crippen LogP contribution is 2.33. The molecule has 0 saturated carbocycles. The third-order valence-electron chi connectivity index (χ3n) is 3.65. The Bertz CT molecular complexity index is 719. The van der Waals surface area contributed by atoms with Gasteiger partial charge in [-0.05, 0) is 25.0 Å². The van der Waals surface area contributed by atoms with Crippen LogP contribution in [0.2, 0.25) is 0 Å². The molecule has 3 nitrogen and oxygen atoms in total. The summed E-state index contributed by atoms with van der Waals surface area (Å²) in [6.45, 7) is 0.448. The third-order valence-corrected chi connectivity index (χ3v) is 3.65. The molecule has 0 saturated heterocycles. The summed E-state index contributed by atoms with van der Waals surface area (Å²) >= 11 is 0. The minimum Gasteiger partial charge on any atom is -0.296 e. The number of hydrogen-bond donors (Lipinski definition) is 0. The Kier molecular flexibility index (Phi) is 3.03. The normalized spacial score (nSPS) is 15.9. The van der Waals surface area contributed by atoms with Gasteiger partial charge in [0.1, 0.15) is 5.82 Å². The van der Waals surface area contributed by atoms with E-state index >= 15 is 0 Å². The maximum Gasteiger partial charge on any atom is 0.417 e. The molecule has 0 fully saturated rings. The van der Waals surface area contributed by atoms with Crippen LogP contribution in [0, 0.1) is 0 Å². The second-order valence-corrected chi connectivity index (χ2v) is 4.99. The first kappa shape index (κ1) is 13.1. The van der Waals surface area contributed by atoms with Gasteiger partial charge in [-0.1, -0.05) is 12.5 Å². The van der Waals surface area contributed by atoms with Crippen molar-refractivity contribution in [2.45, 2.75) is 38.4 Å². The van der Waals surface area contributed by atoms with Crippen molar-refractivity contribution in [3.8, 4) is 0 Å². The molecular weight excluding hydrogens is 269 g/mol. The molecule has 1 aliphatic rings. The molecule has 2 aromatic rings. The number of halogens is 3. The summed E-state index contributed by atoms with van der Waals surface area (Å²) in [6, 6.07) is 3.71. The minimum absolute atomic E-state index is 0.137. The molecule has 1 aromatic carbocycles. The van der Waals surface area contributed by atoms with E-state index in [2.05, 4.69) is 4.98 Å². The fraction of sp³-hybridized carbons (Fsp3) is 0.429. The van der Waals surface area contributed by atoms with Crippen LogP contribution in [0.25, 0.3) is 10.9 Å². The number of nitrogens with zero attached hydrogens (tertiary/aromatic N) is 2. The Morgan fingerprint density at radius 2 is 1.95 bits per heavy atom. The molecule has 0 spiro atoms. The second kappa shape index (κ2) is 4.61. The topological polar surface area (TPSA) is 34.9 Å². The zero-order valence-corrected chi connectivity index (χ0v) is 10.7. The van der Waals surface area contributed by atoms with Crippen LogP contribution in [0.5, 0.6) is 0 Å². The van der Waals surface area contributed by atoms with Crippen molar-refractivity contribution in [3.63, 3.8) is 0 Å². The van der Waals surface area contributed by atoms with E-state index in [1.807, 2.05) is 0 Å². The van der Waals surface area contributed by atoms with Crippen LogP contribution in [-0.2, 0) is 19.1 Å². The number of aromatic nitrogens is 2. The number of alkyl halides is 3. The van der Waals surface area contributed by atoms with Gasteiger partial charge in [0, 0.05) is 13.0 Å². The summed E-state index contributed by atoms with van der Waals surface area (Å²) in [7, 11) is 0. The third kappa shape index (κ3) is 2.09. The quantitative estimate of drug-likeness (QED) is 0.744. The van der Waals surface area contributed by atoms with Gasteiger partial charge in [-0.25, -0.2) is 4.98 Å². The molecule has 2 heterocycles. The van der Waals surface area contributed by atoms with E-state index in [1.54, 1.807) is 0 Å². The smallest absolute Gasteiger partial charge is 0.296 e. The molecular formula is C14H13F3N2O. The molecule has 1 aromatic heterocycles. The van der Waals surface area contributed by atoms with Gasteiger partial charge in [0.2, 0.25) is 0 Å². The van der Waals surface area contributed by atoms with Crippen molar-refractivity contribution in [3.05, 3.63) is 39.9 Å². The molecule has 0 N–H and O–H groups in total. The van der Waals surface area contributed by atoms with Crippen LogP contribution >= 0.6 is 0 Å². The number of rotatable bonds is 0. The van der Waals surface area contributed by atoms with E-state index in [4.69, 9.17) is 0 Å². The zero-order valence-electron chi connectivity index (χ0n) is 10.7. The van der Waals surface area contributed by atoms with Gasteiger partial charge in [-0.2, -0.15) is 13.2 Å². The van der Waals surface area contributed by atoms with Crippen molar-refractivity contribution < 1.29 is 13.2 Å². The second-order valence-electron chi connectivity index (χ2n) is 4.99. The van der Waals surface area contributed by atoms with Crippen LogP contribution in [-0.4, -0.2) is 9.55 Å². The van der Waals surface area contributed by atoms with Crippen LogP contribution in [0.1, 0.15) is 30.7 Å². The van der Waals surface area contributed by atoms with E-state index in [-0.39, 0.29) is 10.9 Å². The number of fused-ring (bicyclic) bond motifs is 2. The van der Waals surface area contributed by atoms with Gasteiger partial charge < -0.3 is 0 Å². The summed E-state index contributed by atoms with van der Waals surface area (Å²) in [5, 5.41) is -0.314. The molecule has 0 radical (unpaired) electrons. The first-order valence-electron chi connectivity index (χ1n) is 6.58. The Balaban J connectivity index is 2.37. The lowest BCUT2D eigenvalue weighted by atomic mass is 10.1. The predicted octanol–water partition coefficient (Wildman–Crippen LogP) is 3.14. The molecule has 3 rings (SSSR count). The molecule has 0 aliphatic carbocycles. The molecule has 1 aliphatic heterocycles. The number of aryl methyl sites for hydroxylation is 1. The van der Waals surface area contributed by atoms with Gasteiger partial charge in [-0.3, -0.25) is 9.36 Å². The van der Waals surface area contributed by atoms with Gasteiger partial charge >= 0.3 is 6.18 Å². The highest BCUT2D eigenvalue weighted by Gasteiger charge is 2.34. The van der Waals surface area contributed by atoms with Gasteiger partial charge in [-0.15, -0.1) is 0 Å². The molecule has 20 heavy (non-hydrogen) atoms. The maximum absolute atomic E-state index is 13.0. The molecule has 106 valence electrons. The predicted molar refractivity (Wildman–Crippen MR) is 68.6 cm³/mol. The fourth-order valence-corrected chi connectivity index (χ4v) is 2.70. The summed E-state index contributed by atoms with van der Waals surface area (Å²) in [5.41, 5.74) is -1.33. The lowest BCUT2D eigenvalue weighted by molar-refractivity contribution is -0.136. The standard InChI is InChI=1S/C14H13F3N2O/c15-14(16,17)9-5-4-6-10-12(9)13(20)19-8-3-1-2-7-11(19)18-10/h4-6H,1-3,7-8H2. The largest absolute Gasteiger partial charge is 0.417 e. The van der Waals surface area contributed by atoms with Crippen molar-refractivity contribution in [2.75, 3.05) is 0 Å². The molecule has 6 heteroatoms. The fourth-order valence-electron chi connectivity index (χ4n) is 2.70. The number of benzene rings is 1. The Hall–Kier alpha value is -1.85. The van der Waals surface area contributed by atoms with Crippen LogP contribution in [0.4, 0.5) is 13.2 Å². The first-order valence-corrected chi connectivity index (χ1v) is 6.58. The highest BCUT2D eigenvalue weighted by atomic mass is 19.4. The van der Waals surface area contributed by atoms with Gasteiger partial charge in [0.15, 0.2) is 0 Å². The van der Waals surface area contributed by atoms with Crippen molar-refractivity contribution in [1.29, 1.82) is 0 Å². The minimum atomic E-state index is -4.54. The van der Waals surface area contributed by atoms with Gasteiger partial charge in [0.25, 0.3) is 5.56 Å². The summed E-state index contributed by atoms with van der Waals surface area (Å²) in [6.07, 6.45) is -1.22.